The molecule has 0 saturated carbocycles. The van der Waals surface area contributed by atoms with E-state index in [0.717, 1.165) is 19.3 Å². The number of carboxylic acid groups (broad SMARTS) is 1. The second kappa shape index (κ2) is 8.46. The Morgan fingerprint density at radius 2 is 2.00 bits per heavy atom. The average molecular weight is 340 g/mol. The maximum absolute atomic E-state index is 12.9. The quantitative estimate of drug-likeness (QED) is 0.783. The summed E-state index contributed by atoms with van der Waals surface area (Å²) in [5.41, 5.74) is 0. The Kier molecular flexibility index (Phi) is 6.60. The summed E-state index contributed by atoms with van der Waals surface area (Å²) in [5, 5.41) is 9.08. The molecule has 3 atom stereocenters. The third-order valence-corrected chi connectivity index (χ3v) is 4.99. The standard InChI is InChI=1S/C17H28N2O5/c1-3-5-15(20)18-7-4-6-12(10-18)17(23)19-11-14(24-2)8-13(19)9-16(21)22/h12-14H,3-11H2,1-2H3,(H,21,22). The van der Waals surface area contributed by atoms with Gasteiger partial charge in [-0.1, -0.05) is 6.92 Å². The molecule has 136 valence electrons. The molecule has 0 radical (unpaired) electrons. The monoisotopic (exact) mass is 340 g/mol. The second-order valence-electron chi connectivity index (χ2n) is 6.76. The van der Waals surface area contributed by atoms with Crippen molar-refractivity contribution < 1.29 is 24.2 Å². The molecule has 0 aromatic heterocycles. The number of carbonyl (C=O) groups is 3. The van der Waals surface area contributed by atoms with Crippen molar-refractivity contribution in [2.24, 2.45) is 5.92 Å². The minimum Gasteiger partial charge on any atom is -0.481 e. The molecule has 2 saturated heterocycles. The van der Waals surface area contributed by atoms with Gasteiger partial charge in [-0.05, 0) is 25.7 Å². The molecule has 7 heteroatoms. The lowest BCUT2D eigenvalue weighted by Crippen LogP contribution is -2.48. The number of hydrogen-bond acceptors (Lipinski definition) is 4. The highest BCUT2D eigenvalue weighted by atomic mass is 16.5. The molecule has 2 aliphatic rings. The molecule has 2 heterocycles. The van der Waals surface area contributed by atoms with Crippen LogP contribution in [0.1, 0.15) is 45.4 Å². The maximum Gasteiger partial charge on any atom is 0.305 e. The van der Waals surface area contributed by atoms with E-state index in [1.165, 1.54) is 0 Å². The van der Waals surface area contributed by atoms with Crippen molar-refractivity contribution in [2.75, 3.05) is 26.7 Å². The Bertz CT molecular complexity index is 482. The second-order valence-corrected chi connectivity index (χ2v) is 6.76. The Morgan fingerprint density at radius 3 is 2.62 bits per heavy atom. The van der Waals surface area contributed by atoms with Crippen LogP contribution in [0.3, 0.4) is 0 Å². The first kappa shape index (κ1) is 18.7. The number of methoxy groups -OCH3 is 1. The molecular formula is C17H28N2O5. The van der Waals surface area contributed by atoms with E-state index in [0.29, 0.717) is 32.5 Å². The van der Waals surface area contributed by atoms with Gasteiger partial charge in [-0.25, -0.2) is 0 Å². The molecule has 0 spiro atoms. The van der Waals surface area contributed by atoms with Crippen molar-refractivity contribution in [1.82, 2.24) is 9.80 Å². The minimum absolute atomic E-state index is 0.0326. The van der Waals surface area contributed by atoms with Gasteiger partial charge in [0.1, 0.15) is 0 Å². The lowest BCUT2D eigenvalue weighted by Gasteiger charge is -2.35. The molecule has 0 aliphatic carbocycles. The third kappa shape index (κ3) is 4.47. The first-order valence-corrected chi connectivity index (χ1v) is 8.79. The predicted octanol–water partition coefficient (Wildman–Crippen LogP) is 1.12. The number of carbonyl (C=O) groups excluding carboxylic acids is 2. The fraction of sp³-hybridized carbons (Fsp3) is 0.824. The van der Waals surface area contributed by atoms with Crippen molar-refractivity contribution in [3.63, 3.8) is 0 Å². The van der Waals surface area contributed by atoms with E-state index >= 15 is 0 Å². The van der Waals surface area contributed by atoms with Gasteiger partial charge >= 0.3 is 5.97 Å². The van der Waals surface area contributed by atoms with Crippen LogP contribution < -0.4 is 0 Å². The molecule has 2 fully saturated rings. The number of carboxylic acids is 1. The largest absolute Gasteiger partial charge is 0.481 e. The van der Waals surface area contributed by atoms with Gasteiger partial charge < -0.3 is 19.6 Å². The topological polar surface area (TPSA) is 87.2 Å². The number of rotatable bonds is 6. The molecule has 2 rings (SSSR count). The number of likely N-dealkylation sites (tertiary alicyclic amines) is 2. The van der Waals surface area contributed by atoms with Crippen molar-refractivity contribution in [2.45, 2.75) is 57.6 Å². The number of amides is 2. The van der Waals surface area contributed by atoms with Crippen LogP contribution in [-0.2, 0) is 19.1 Å². The summed E-state index contributed by atoms with van der Waals surface area (Å²) in [4.78, 5) is 39.5. The van der Waals surface area contributed by atoms with Gasteiger partial charge in [0.2, 0.25) is 11.8 Å². The molecule has 24 heavy (non-hydrogen) atoms. The fourth-order valence-corrected chi connectivity index (χ4v) is 3.72. The van der Waals surface area contributed by atoms with Crippen molar-refractivity contribution in [3.8, 4) is 0 Å². The Hall–Kier alpha value is -1.63. The zero-order valence-electron chi connectivity index (χ0n) is 14.6. The van der Waals surface area contributed by atoms with Crippen molar-refractivity contribution in [3.05, 3.63) is 0 Å². The SMILES string of the molecule is CCCC(=O)N1CCCC(C(=O)N2CC(OC)CC2CC(=O)O)C1. The van der Waals surface area contributed by atoms with E-state index < -0.39 is 5.97 Å². The normalized spacial score (nSPS) is 27.3. The van der Waals surface area contributed by atoms with Gasteiger partial charge in [0.15, 0.2) is 0 Å². The van der Waals surface area contributed by atoms with E-state index in [-0.39, 0.29) is 36.3 Å². The molecule has 2 aliphatic heterocycles. The Morgan fingerprint density at radius 1 is 1.25 bits per heavy atom. The zero-order chi connectivity index (χ0) is 17.7. The smallest absolute Gasteiger partial charge is 0.305 e. The first-order chi connectivity index (χ1) is 11.5. The van der Waals surface area contributed by atoms with E-state index in [9.17, 15) is 14.4 Å². The molecule has 0 bridgehead atoms. The molecule has 1 N–H and O–H groups in total. The van der Waals surface area contributed by atoms with Crippen LogP contribution in [0.2, 0.25) is 0 Å². The van der Waals surface area contributed by atoms with Gasteiger partial charge in [0, 0.05) is 39.2 Å². The number of aliphatic carboxylic acids is 1. The fourth-order valence-electron chi connectivity index (χ4n) is 3.72. The zero-order valence-corrected chi connectivity index (χ0v) is 14.6. The van der Waals surface area contributed by atoms with E-state index in [2.05, 4.69) is 0 Å². The summed E-state index contributed by atoms with van der Waals surface area (Å²) in [6, 6.07) is -0.318. The average Bonchev–Trinajstić information content (AvgIpc) is 2.96. The number of piperidine rings is 1. The van der Waals surface area contributed by atoms with Crippen LogP contribution in [0, 0.1) is 5.92 Å². The number of nitrogens with zero attached hydrogens (tertiary/aromatic N) is 2. The summed E-state index contributed by atoms with van der Waals surface area (Å²) in [6.07, 6.45) is 3.27. The molecule has 3 unspecified atom stereocenters. The van der Waals surface area contributed by atoms with Crippen LogP contribution in [0.25, 0.3) is 0 Å². The highest BCUT2D eigenvalue weighted by Gasteiger charge is 2.40. The van der Waals surface area contributed by atoms with Gasteiger partial charge in [-0.15, -0.1) is 0 Å². The van der Waals surface area contributed by atoms with Gasteiger partial charge in [-0.3, -0.25) is 14.4 Å². The Balaban J connectivity index is 2.02. The highest BCUT2D eigenvalue weighted by Crippen LogP contribution is 2.27. The highest BCUT2D eigenvalue weighted by molar-refractivity contribution is 5.82. The van der Waals surface area contributed by atoms with Crippen LogP contribution >= 0.6 is 0 Å². The molecule has 7 nitrogen and oxygen atoms in total. The van der Waals surface area contributed by atoms with Crippen LogP contribution in [0.5, 0.6) is 0 Å². The first-order valence-electron chi connectivity index (χ1n) is 8.79. The lowest BCUT2D eigenvalue weighted by atomic mass is 9.95. The summed E-state index contributed by atoms with van der Waals surface area (Å²) in [6.45, 7) is 3.57. The van der Waals surface area contributed by atoms with Crippen LogP contribution in [0.15, 0.2) is 0 Å². The van der Waals surface area contributed by atoms with Crippen molar-refractivity contribution >= 4 is 17.8 Å². The molecular weight excluding hydrogens is 312 g/mol. The van der Waals surface area contributed by atoms with E-state index in [4.69, 9.17) is 9.84 Å². The summed E-state index contributed by atoms with van der Waals surface area (Å²) >= 11 is 0. The minimum atomic E-state index is -0.905. The predicted molar refractivity (Wildman–Crippen MR) is 87.4 cm³/mol. The number of hydrogen-bond donors (Lipinski definition) is 1. The number of ether oxygens (including phenoxy) is 1. The summed E-state index contributed by atoms with van der Waals surface area (Å²) in [7, 11) is 1.59. The summed E-state index contributed by atoms with van der Waals surface area (Å²) in [5.74, 6) is -1.06. The van der Waals surface area contributed by atoms with Gasteiger partial charge in [-0.2, -0.15) is 0 Å². The van der Waals surface area contributed by atoms with Gasteiger partial charge in [0.05, 0.1) is 18.4 Å². The maximum atomic E-state index is 12.9. The molecule has 0 aromatic rings. The molecule has 0 aromatic carbocycles. The third-order valence-electron chi connectivity index (χ3n) is 4.99. The van der Waals surface area contributed by atoms with Gasteiger partial charge in [0.25, 0.3) is 0 Å². The Labute approximate surface area is 142 Å². The van der Waals surface area contributed by atoms with Crippen LogP contribution in [0.4, 0.5) is 0 Å². The van der Waals surface area contributed by atoms with Crippen LogP contribution in [-0.4, -0.2) is 71.6 Å². The molecule has 2 amide bonds. The lowest BCUT2D eigenvalue weighted by molar-refractivity contribution is -0.143. The van der Waals surface area contributed by atoms with E-state index in [1.54, 1.807) is 16.9 Å². The van der Waals surface area contributed by atoms with E-state index in [1.807, 2.05) is 6.92 Å². The van der Waals surface area contributed by atoms with Crippen molar-refractivity contribution in [1.29, 1.82) is 0 Å². The summed E-state index contributed by atoms with van der Waals surface area (Å²) < 4.78 is 5.33.